The van der Waals surface area contributed by atoms with Crippen molar-refractivity contribution >= 4 is 16.5 Å². The van der Waals surface area contributed by atoms with Gasteiger partial charge in [0.2, 0.25) is 0 Å². The molecule has 0 aromatic carbocycles. The van der Waals surface area contributed by atoms with Crippen LogP contribution in [0.2, 0.25) is 0 Å². The summed E-state index contributed by atoms with van der Waals surface area (Å²) in [4.78, 5) is 4.28. The summed E-state index contributed by atoms with van der Waals surface area (Å²) in [7, 11) is 0. The zero-order valence-corrected chi connectivity index (χ0v) is 10.7. The van der Waals surface area contributed by atoms with Gasteiger partial charge in [0.25, 0.3) is 0 Å². The highest BCUT2D eigenvalue weighted by Gasteiger charge is 2.16. The van der Waals surface area contributed by atoms with E-state index in [0.29, 0.717) is 6.54 Å². The van der Waals surface area contributed by atoms with Gasteiger partial charge in [0.15, 0.2) is 5.13 Å². The van der Waals surface area contributed by atoms with E-state index in [1.807, 2.05) is 12.3 Å². The van der Waals surface area contributed by atoms with Crippen LogP contribution in [0.3, 0.4) is 0 Å². The van der Waals surface area contributed by atoms with Gasteiger partial charge in [-0.15, -0.1) is 11.3 Å². The zero-order valence-electron chi connectivity index (χ0n) is 9.87. The lowest BCUT2D eigenvalue weighted by Crippen LogP contribution is -2.25. The molecule has 0 aliphatic rings. The summed E-state index contributed by atoms with van der Waals surface area (Å²) >= 11 is 1.58. The minimum Gasteiger partial charge on any atom is -0.391 e. The first-order valence-electron chi connectivity index (χ1n) is 5.21. The van der Waals surface area contributed by atoms with E-state index in [9.17, 15) is 5.11 Å². The lowest BCUT2D eigenvalue weighted by molar-refractivity contribution is 0.132. The molecule has 15 heavy (non-hydrogen) atoms. The molecule has 2 N–H and O–H groups in total. The molecule has 0 spiro atoms. The Bertz CT molecular complexity index is 304. The molecule has 0 radical (unpaired) electrons. The lowest BCUT2D eigenvalue weighted by Gasteiger charge is -2.22. The third kappa shape index (κ3) is 5.14. The molecule has 4 heteroatoms. The van der Waals surface area contributed by atoms with E-state index >= 15 is 0 Å². The minimum absolute atomic E-state index is 0.167. The summed E-state index contributed by atoms with van der Waals surface area (Å²) in [5.74, 6) is 0. The highest BCUT2D eigenvalue weighted by atomic mass is 32.1. The van der Waals surface area contributed by atoms with Crippen molar-refractivity contribution in [3.8, 4) is 0 Å². The van der Waals surface area contributed by atoms with Crippen LogP contribution in [0.15, 0.2) is 5.38 Å². The van der Waals surface area contributed by atoms with Crippen LogP contribution in [-0.2, 0) is 0 Å². The largest absolute Gasteiger partial charge is 0.391 e. The number of aryl methyl sites for hydroxylation is 1. The first-order valence-corrected chi connectivity index (χ1v) is 6.09. The van der Waals surface area contributed by atoms with Gasteiger partial charge in [-0.3, -0.25) is 0 Å². The minimum atomic E-state index is -0.311. The Balaban J connectivity index is 2.31. The van der Waals surface area contributed by atoms with Gasteiger partial charge < -0.3 is 10.4 Å². The number of aliphatic hydroxyl groups excluding tert-OH is 1. The maximum absolute atomic E-state index is 9.77. The van der Waals surface area contributed by atoms with E-state index in [-0.39, 0.29) is 11.5 Å². The van der Waals surface area contributed by atoms with Crippen LogP contribution in [0.25, 0.3) is 0 Å². The van der Waals surface area contributed by atoms with Gasteiger partial charge >= 0.3 is 0 Å². The normalized spacial score (nSPS) is 13.9. The number of aliphatic hydroxyl groups is 1. The highest BCUT2D eigenvalue weighted by molar-refractivity contribution is 7.13. The van der Waals surface area contributed by atoms with Crippen LogP contribution in [0.4, 0.5) is 5.13 Å². The summed E-state index contributed by atoms with van der Waals surface area (Å²) in [6, 6.07) is 0. The average Bonchev–Trinajstić information content (AvgIpc) is 2.45. The molecule has 0 fully saturated rings. The number of aromatic nitrogens is 1. The Morgan fingerprint density at radius 1 is 1.53 bits per heavy atom. The van der Waals surface area contributed by atoms with Crippen LogP contribution >= 0.6 is 11.3 Å². The van der Waals surface area contributed by atoms with Gasteiger partial charge in [-0.05, 0) is 18.8 Å². The van der Waals surface area contributed by atoms with E-state index in [1.54, 1.807) is 11.3 Å². The smallest absolute Gasteiger partial charge is 0.182 e. The maximum atomic E-state index is 9.77. The predicted molar refractivity (Wildman–Crippen MR) is 65.4 cm³/mol. The van der Waals surface area contributed by atoms with Crippen molar-refractivity contribution < 1.29 is 5.11 Å². The third-order valence-corrected chi connectivity index (χ3v) is 2.87. The molecule has 1 atom stereocenters. The standard InChI is InChI=1S/C11H20N2OS/c1-8-7-15-10(13-8)12-6-9(14)5-11(2,3)4/h7,9,14H,5-6H2,1-4H3,(H,12,13). The Morgan fingerprint density at radius 2 is 2.20 bits per heavy atom. The van der Waals surface area contributed by atoms with E-state index in [1.165, 1.54) is 0 Å². The molecule has 1 unspecified atom stereocenters. The van der Waals surface area contributed by atoms with E-state index in [4.69, 9.17) is 0 Å². The molecule has 3 nitrogen and oxygen atoms in total. The molecule has 0 bridgehead atoms. The van der Waals surface area contributed by atoms with Crippen molar-refractivity contribution in [1.82, 2.24) is 4.98 Å². The van der Waals surface area contributed by atoms with Gasteiger partial charge in [-0.1, -0.05) is 20.8 Å². The number of nitrogens with zero attached hydrogens (tertiary/aromatic N) is 1. The lowest BCUT2D eigenvalue weighted by atomic mass is 9.89. The Morgan fingerprint density at radius 3 is 2.67 bits per heavy atom. The van der Waals surface area contributed by atoms with Crippen molar-refractivity contribution in [2.24, 2.45) is 5.41 Å². The van der Waals surface area contributed by atoms with Gasteiger partial charge in [0.05, 0.1) is 11.8 Å². The fourth-order valence-electron chi connectivity index (χ4n) is 1.42. The molecule has 0 saturated heterocycles. The fraction of sp³-hybridized carbons (Fsp3) is 0.727. The summed E-state index contributed by atoms with van der Waals surface area (Å²) in [5.41, 5.74) is 1.19. The van der Waals surface area contributed by atoms with E-state index < -0.39 is 0 Å². The second-order valence-electron chi connectivity index (χ2n) is 5.09. The summed E-state index contributed by atoms with van der Waals surface area (Å²) in [6.45, 7) is 8.93. The van der Waals surface area contributed by atoms with Crippen LogP contribution < -0.4 is 5.32 Å². The first kappa shape index (κ1) is 12.5. The molecule has 0 saturated carbocycles. The summed E-state index contributed by atoms with van der Waals surface area (Å²) in [6.07, 6.45) is 0.485. The van der Waals surface area contributed by atoms with Crippen LogP contribution in [-0.4, -0.2) is 22.7 Å². The monoisotopic (exact) mass is 228 g/mol. The summed E-state index contributed by atoms with van der Waals surface area (Å²) in [5, 5.41) is 15.8. The second kappa shape index (κ2) is 4.94. The van der Waals surface area contributed by atoms with Gasteiger partial charge in [0, 0.05) is 11.9 Å². The van der Waals surface area contributed by atoms with Gasteiger partial charge in [0.1, 0.15) is 0 Å². The van der Waals surface area contributed by atoms with Crippen molar-refractivity contribution in [1.29, 1.82) is 0 Å². The molecule has 1 rings (SSSR count). The highest BCUT2D eigenvalue weighted by Crippen LogP contribution is 2.21. The van der Waals surface area contributed by atoms with Crippen molar-refractivity contribution in [3.05, 3.63) is 11.1 Å². The van der Waals surface area contributed by atoms with Crippen molar-refractivity contribution in [2.45, 2.75) is 40.2 Å². The predicted octanol–water partition coefficient (Wildman–Crippen LogP) is 2.66. The molecule has 86 valence electrons. The third-order valence-electron chi connectivity index (χ3n) is 1.96. The van der Waals surface area contributed by atoms with E-state index in [0.717, 1.165) is 17.2 Å². The number of nitrogens with one attached hydrogen (secondary N) is 1. The van der Waals surface area contributed by atoms with Crippen LogP contribution in [0.1, 0.15) is 32.9 Å². The van der Waals surface area contributed by atoms with Crippen molar-refractivity contribution in [2.75, 3.05) is 11.9 Å². The molecule has 0 amide bonds. The molecule has 0 aliphatic carbocycles. The molecular weight excluding hydrogens is 208 g/mol. The number of hydrogen-bond donors (Lipinski definition) is 2. The SMILES string of the molecule is Cc1csc(NCC(O)CC(C)(C)C)n1. The first-order chi connectivity index (χ1) is 6.87. The number of rotatable bonds is 4. The van der Waals surface area contributed by atoms with Gasteiger partial charge in [-0.2, -0.15) is 0 Å². The zero-order chi connectivity index (χ0) is 11.5. The Hall–Kier alpha value is -0.610. The maximum Gasteiger partial charge on any atom is 0.182 e. The second-order valence-corrected chi connectivity index (χ2v) is 5.95. The molecule has 1 heterocycles. The molecule has 1 aromatic heterocycles. The van der Waals surface area contributed by atoms with Gasteiger partial charge in [-0.25, -0.2) is 4.98 Å². The molecule has 0 aliphatic heterocycles. The molecule has 1 aromatic rings. The van der Waals surface area contributed by atoms with Crippen LogP contribution in [0, 0.1) is 12.3 Å². The number of anilines is 1. The Kier molecular flexibility index (Phi) is 4.11. The number of hydrogen-bond acceptors (Lipinski definition) is 4. The quantitative estimate of drug-likeness (QED) is 0.832. The number of thiazole rings is 1. The Labute approximate surface area is 95.6 Å². The molecular formula is C11H20N2OS. The summed E-state index contributed by atoms with van der Waals surface area (Å²) < 4.78 is 0. The fourth-order valence-corrected chi connectivity index (χ4v) is 2.12. The topological polar surface area (TPSA) is 45.1 Å². The van der Waals surface area contributed by atoms with Crippen molar-refractivity contribution in [3.63, 3.8) is 0 Å². The van der Waals surface area contributed by atoms with Crippen LogP contribution in [0.5, 0.6) is 0 Å². The van der Waals surface area contributed by atoms with E-state index in [2.05, 4.69) is 31.1 Å². The average molecular weight is 228 g/mol.